The van der Waals surface area contributed by atoms with Gasteiger partial charge in [-0.1, -0.05) is 45.0 Å². The highest BCUT2D eigenvalue weighted by Crippen LogP contribution is 2.39. The Morgan fingerprint density at radius 1 is 0.821 bits per heavy atom. The molecule has 0 radical (unpaired) electrons. The molecule has 1 fully saturated rings. The summed E-state index contributed by atoms with van der Waals surface area (Å²) >= 11 is 0. The van der Waals surface area contributed by atoms with E-state index >= 15 is 0 Å². The number of urea groups is 1. The highest BCUT2D eigenvalue weighted by atomic mass is 16.5. The van der Waals surface area contributed by atoms with E-state index in [1.54, 1.807) is 56.8 Å². The van der Waals surface area contributed by atoms with Crippen molar-refractivity contribution in [3.63, 3.8) is 0 Å². The Morgan fingerprint density at radius 3 is 2.27 bits per heavy atom. The number of piperidine rings is 1. The number of ether oxygens (including phenoxy) is 3. The van der Waals surface area contributed by atoms with E-state index in [4.69, 9.17) is 14.2 Å². The fourth-order valence-electron chi connectivity index (χ4n) is 6.50. The van der Waals surface area contributed by atoms with Gasteiger partial charge < -0.3 is 45.7 Å². The number of ketones is 1. The Bertz CT molecular complexity index is 2230. The number of aromatic nitrogens is 1. The van der Waals surface area contributed by atoms with Crippen LogP contribution < -0.4 is 40.8 Å². The molecule has 13 heteroatoms. The normalized spacial score (nSPS) is 13.1. The summed E-state index contributed by atoms with van der Waals surface area (Å²) in [5.74, 6) is 2.70. The molecular formula is C43H49N7O6. The fraction of sp³-hybridized carbons (Fsp3) is 0.302. The van der Waals surface area contributed by atoms with Gasteiger partial charge in [0.05, 0.1) is 31.3 Å². The average Bonchev–Trinajstić information content (AvgIpc) is 3.18. The van der Waals surface area contributed by atoms with Crippen LogP contribution in [0.25, 0.3) is 10.8 Å². The van der Waals surface area contributed by atoms with E-state index in [2.05, 4.69) is 57.2 Å². The van der Waals surface area contributed by atoms with Crippen LogP contribution in [0.15, 0.2) is 85.1 Å². The smallest absolute Gasteiger partial charge is 0.323 e. The molecule has 0 unspecified atom stereocenters. The quantitative estimate of drug-likeness (QED) is 0.0794. The summed E-state index contributed by atoms with van der Waals surface area (Å²) in [6, 6.07) is 23.5. The number of carbonyl (C=O) groups excluding carboxylic acids is 3. The Kier molecular flexibility index (Phi) is 12.2. The molecule has 4 aromatic carbocycles. The number of pyridine rings is 1. The number of amides is 3. The topological polar surface area (TPSA) is 155 Å². The molecule has 56 heavy (non-hydrogen) atoms. The van der Waals surface area contributed by atoms with Crippen LogP contribution in [-0.2, 0) is 10.2 Å². The standard InChI is InChI=1S/C43H49N7O6/c1-43(2,3)28-23-36(44-4)40(55-6)37(24-28)49-42(53)48-35-11-12-38(34-10-8-7-9-33(34)35)56-31-13-16-45-39(26-31)47-29-21-27(22-32(25-29)54-5)41(52)46-17-20-50-18-14-30(51)15-19-50/h7-13,16,21-26,44H,14-15,17-20H2,1-6H3,(H,45,47)(H,46,52)(H2,48,49,53). The lowest BCUT2D eigenvalue weighted by atomic mass is 9.86. The van der Waals surface area contributed by atoms with Crippen LogP contribution in [0.5, 0.6) is 23.0 Å². The minimum atomic E-state index is -0.422. The van der Waals surface area contributed by atoms with E-state index in [1.807, 2.05) is 49.5 Å². The molecule has 5 N–H and O–H groups in total. The predicted octanol–water partition coefficient (Wildman–Crippen LogP) is 8.17. The fourth-order valence-corrected chi connectivity index (χ4v) is 6.50. The van der Waals surface area contributed by atoms with E-state index in [9.17, 15) is 14.4 Å². The number of fused-ring (bicyclic) bond motifs is 1. The maximum atomic E-state index is 13.4. The van der Waals surface area contributed by atoms with Gasteiger partial charge in [-0.05, 0) is 53.4 Å². The van der Waals surface area contributed by atoms with Gasteiger partial charge in [0.15, 0.2) is 5.75 Å². The monoisotopic (exact) mass is 759 g/mol. The van der Waals surface area contributed by atoms with Crippen molar-refractivity contribution in [2.75, 3.05) is 68.7 Å². The number of rotatable bonds is 13. The third-order valence-electron chi connectivity index (χ3n) is 9.57. The molecule has 5 aromatic rings. The first kappa shape index (κ1) is 39.4. The SMILES string of the molecule is CNc1cc(C(C)(C)C)cc(NC(=O)Nc2ccc(Oc3ccnc(Nc4cc(OC)cc(C(=O)NCCN5CCC(=O)CC5)c4)c3)c3ccccc23)c1OC. The highest BCUT2D eigenvalue weighted by Gasteiger charge is 2.21. The average molecular weight is 760 g/mol. The molecule has 3 amide bonds. The van der Waals surface area contributed by atoms with Crippen molar-refractivity contribution in [1.29, 1.82) is 0 Å². The van der Waals surface area contributed by atoms with Crippen molar-refractivity contribution in [1.82, 2.24) is 15.2 Å². The summed E-state index contributed by atoms with van der Waals surface area (Å²) in [7, 11) is 4.94. The van der Waals surface area contributed by atoms with Crippen LogP contribution >= 0.6 is 0 Å². The minimum absolute atomic E-state index is 0.155. The second kappa shape index (κ2) is 17.4. The molecule has 0 atom stereocenters. The maximum absolute atomic E-state index is 13.4. The van der Waals surface area contributed by atoms with Crippen molar-refractivity contribution in [2.45, 2.75) is 39.0 Å². The van der Waals surface area contributed by atoms with Crippen LogP contribution in [-0.4, -0.2) is 75.1 Å². The van der Waals surface area contributed by atoms with Gasteiger partial charge in [0, 0.05) is 86.4 Å². The number of nitrogens with zero attached hydrogens (tertiary/aromatic N) is 2. The number of anilines is 5. The molecule has 0 bridgehead atoms. The molecule has 1 aliphatic heterocycles. The summed E-state index contributed by atoms with van der Waals surface area (Å²) in [6.07, 6.45) is 2.75. The van der Waals surface area contributed by atoms with Gasteiger partial charge in [-0.25, -0.2) is 9.78 Å². The van der Waals surface area contributed by atoms with E-state index in [-0.39, 0.29) is 17.1 Å². The molecule has 292 valence electrons. The molecule has 0 saturated carbocycles. The first-order valence-electron chi connectivity index (χ1n) is 18.6. The number of Topliss-reactive ketones (excluding diaryl/α,β-unsaturated/α-hetero) is 1. The molecule has 0 spiro atoms. The molecule has 6 rings (SSSR count). The molecule has 13 nitrogen and oxygen atoms in total. The van der Waals surface area contributed by atoms with E-state index in [0.717, 1.165) is 35.1 Å². The van der Waals surface area contributed by atoms with Gasteiger partial charge in [0.25, 0.3) is 5.91 Å². The number of hydrogen-bond acceptors (Lipinski definition) is 10. The lowest BCUT2D eigenvalue weighted by Crippen LogP contribution is -2.39. The first-order chi connectivity index (χ1) is 26.9. The number of likely N-dealkylation sites (tertiary alicyclic amines) is 1. The molecule has 1 aromatic heterocycles. The van der Waals surface area contributed by atoms with Crippen molar-refractivity contribution in [3.05, 3.63) is 96.2 Å². The third kappa shape index (κ3) is 9.66. The summed E-state index contributed by atoms with van der Waals surface area (Å²) in [5.41, 5.74) is 3.84. The van der Waals surface area contributed by atoms with E-state index in [1.165, 1.54) is 0 Å². The molecule has 2 heterocycles. The first-order valence-corrected chi connectivity index (χ1v) is 18.6. The zero-order valence-electron chi connectivity index (χ0n) is 32.7. The van der Waals surface area contributed by atoms with Gasteiger partial charge >= 0.3 is 6.03 Å². The predicted molar refractivity (Wildman–Crippen MR) is 221 cm³/mol. The summed E-state index contributed by atoms with van der Waals surface area (Å²) in [5, 5.41) is 17.0. The second-order valence-corrected chi connectivity index (χ2v) is 14.5. The molecular weight excluding hydrogens is 711 g/mol. The van der Waals surface area contributed by atoms with Crippen molar-refractivity contribution in [2.24, 2.45) is 0 Å². The van der Waals surface area contributed by atoms with Gasteiger partial charge in [0.1, 0.15) is 28.8 Å². The van der Waals surface area contributed by atoms with E-state index < -0.39 is 6.03 Å². The lowest BCUT2D eigenvalue weighted by Gasteiger charge is -2.25. The summed E-state index contributed by atoms with van der Waals surface area (Å²) in [4.78, 5) is 44.7. The van der Waals surface area contributed by atoms with Crippen LogP contribution in [0.3, 0.4) is 0 Å². The Morgan fingerprint density at radius 2 is 1.55 bits per heavy atom. The number of benzene rings is 4. The Labute approximate surface area is 327 Å². The minimum Gasteiger partial charge on any atom is -0.497 e. The number of nitrogens with one attached hydrogen (secondary N) is 5. The molecule has 0 aliphatic carbocycles. The summed E-state index contributed by atoms with van der Waals surface area (Å²) < 4.78 is 17.6. The lowest BCUT2D eigenvalue weighted by molar-refractivity contribution is -0.121. The zero-order chi connectivity index (χ0) is 39.8. The molecule has 1 aliphatic rings. The van der Waals surface area contributed by atoms with Gasteiger partial charge in [-0.15, -0.1) is 0 Å². The Hall–Kier alpha value is -6.34. The largest absolute Gasteiger partial charge is 0.497 e. The maximum Gasteiger partial charge on any atom is 0.323 e. The van der Waals surface area contributed by atoms with Gasteiger partial charge in [-0.3, -0.25) is 9.59 Å². The number of methoxy groups -OCH3 is 2. The zero-order valence-corrected chi connectivity index (χ0v) is 32.7. The molecule has 1 saturated heterocycles. The van der Waals surface area contributed by atoms with Crippen LogP contribution in [0.4, 0.5) is 33.4 Å². The van der Waals surface area contributed by atoms with Crippen molar-refractivity contribution in [3.8, 4) is 23.0 Å². The Balaban J connectivity index is 1.15. The van der Waals surface area contributed by atoms with Gasteiger partial charge in [-0.2, -0.15) is 0 Å². The number of carbonyl (C=O) groups is 3. The van der Waals surface area contributed by atoms with Crippen LogP contribution in [0, 0.1) is 0 Å². The van der Waals surface area contributed by atoms with Crippen LogP contribution in [0.1, 0.15) is 49.5 Å². The number of hydrogen-bond donors (Lipinski definition) is 5. The van der Waals surface area contributed by atoms with E-state index in [0.29, 0.717) is 77.4 Å². The summed E-state index contributed by atoms with van der Waals surface area (Å²) in [6.45, 7) is 8.92. The highest BCUT2D eigenvalue weighted by molar-refractivity contribution is 6.08. The third-order valence-corrected chi connectivity index (χ3v) is 9.57. The van der Waals surface area contributed by atoms with Gasteiger partial charge in [0.2, 0.25) is 0 Å². The van der Waals surface area contributed by atoms with Crippen molar-refractivity contribution >= 4 is 57.1 Å². The van der Waals surface area contributed by atoms with Crippen LogP contribution in [0.2, 0.25) is 0 Å². The second-order valence-electron chi connectivity index (χ2n) is 14.5. The van der Waals surface area contributed by atoms with Crippen molar-refractivity contribution < 1.29 is 28.6 Å².